The largest absolute Gasteiger partial charge is 0.410 e. The summed E-state index contributed by atoms with van der Waals surface area (Å²) in [6.45, 7) is -0.706. The minimum absolute atomic E-state index is 0.0821. The fourth-order valence-corrected chi connectivity index (χ4v) is 5.42. The maximum absolute atomic E-state index is 14.7. The number of carbonyl (C=O) groups excluding carboxylic acids is 2. The van der Waals surface area contributed by atoms with Crippen molar-refractivity contribution in [2.24, 2.45) is 5.92 Å². The van der Waals surface area contributed by atoms with Crippen LogP contribution in [0, 0.1) is 5.92 Å². The zero-order valence-corrected chi connectivity index (χ0v) is 21.4. The molecule has 220 valence electrons. The lowest BCUT2D eigenvalue weighted by molar-refractivity contribution is -0.149. The predicted molar refractivity (Wildman–Crippen MR) is 127 cm³/mol. The fraction of sp³-hybridized carbons (Fsp3) is 0.560. The molecule has 2 atom stereocenters. The molecule has 0 unspecified atom stereocenters. The Hall–Kier alpha value is -3.85. The normalized spacial score (nSPS) is 23.0. The molecule has 6 rings (SSSR count). The number of halogens is 6. The molecule has 2 aliphatic carbocycles. The quantitative estimate of drug-likeness (QED) is 0.397. The summed E-state index contributed by atoms with van der Waals surface area (Å²) in [5.41, 5.74) is -0.926. The van der Waals surface area contributed by atoms with Crippen LogP contribution in [0.4, 0.5) is 31.1 Å². The predicted octanol–water partition coefficient (Wildman–Crippen LogP) is 4.43. The lowest BCUT2D eigenvalue weighted by Gasteiger charge is -2.33. The van der Waals surface area contributed by atoms with Gasteiger partial charge in [-0.1, -0.05) is 5.16 Å². The zero-order valence-electron chi connectivity index (χ0n) is 21.4. The number of rotatable bonds is 7. The fourth-order valence-electron chi connectivity index (χ4n) is 5.42. The Labute approximate surface area is 228 Å². The number of fused-ring (bicyclic) bond motifs is 1. The van der Waals surface area contributed by atoms with Gasteiger partial charge in [-0.15, -0.1) is 0 Å². The van der Waals surface area contributed by atoms with Gasteiger partial charge in [-0.05, 0) is 43.2 Å². The van der Waals surface area contributed by atoms with E-state index in [9.17, 15) is 35.9 Å². The molecule has 0 bridgehead atoms. The van der Waals surface area contributed by atoms with Crippen molar-refractivity contribution in [1.29, 1.82) is 0 Å². The van der Waals surface area contributed by atoms with Crippen molar-refractivity contribution in [2.45, 2.75) is 74.9 Å². The third-order valence-electron chi connectivity index (χ3n) is 7.92. The molecule has 3 aromatic heterocycles. The zero-order chi connectivity index (χ0) is 29.2. The van der Waals surface area contributed by atoms with Gasteiger partial charge in [0.15, 0.2) is 11.3 Å². The van der Waals surface area contributed by atoms with Gasteiger partial charge in [-0.25, -0.2) is 27.5 Å². The smallest absolute Gasteiger partial charge is 0.364 e. The Morgan fingerprint density at radius 2 is 1.93 bits per heavy atom. The molecule has 3 fully saturated rings. The lowest BCUT2D eigenvalue weighted by Crippen LogP contribution is -2.40. The second-order valence-corrected chi connectivity index (χ2v) is 10.9. The van der Waals surface area contributed by atoms with Crippen LogP contribution in [0.25, 0.3) is 5.65 Å². The van der Waals surface area contributed by atoms with Gasteiger partial charge in [0.25, 0.3) is 5.91 Å². The summed E-state index contributed by atoms with van der Waals surface area (Å²) in [6, 6.07) is -2.13. The molecule has 10 nitrogen and oxygen atoms in total. The average molecular weight is 586 g/mol. The van der Waals surface area contributed by atoms with Gasteiger partial charge in [0.2, 0.25) is 5.92 Å². The second kappa shape index (κ2) is 9.62. The van der Waals surface area contributed by atoms with E-state index in [2.05, 4.69) is 20.6 Å². The summed E-state index contributed by atoms with van der Waals surface area (Å²) < 4.78 is 87.9. The minimum atomic E-state index is -4.58. The van der Waals surface area contributed by atoms with E-state index >= 15 is 0 Å². The van der Waals surface area contributed by atoms with Gasteiger partial charge in [-0.2, -0.15) is 18.3 Å². The van der Waals surface area contributed by atoms with Crippen molar-refractivity contribution in [3.8, 4) is 0 Å². The van der Waals surface area contributed by atoms with Gasteiger partial charge in [-0.3, -0.25) is 4.79 Å². The Morgan fingerprint density at radius 1 is 1.20 bits per heavy atom. The maximum atomic E-state index is 14.7. The van der Waals surface area contributed by atoms with Gasteiger partial charge >= 0.3 is 12.2 Å². The van der Waals surface area contributed by atoms with Crippen LogP contribution in [0.5, 0.6) is 0 Å². The third-order valence-corrected chi connectivity index (χ3v) is 7.92. The summed E-state index contributed by atoms with van der Waals surface area (Å²) in [5, 5.41) is 12.6. The van der Waals surface area contributed by atoms with Crippen LogP contribution >= 0.6 is 0 Å². The van der Waals surface area contributed by atoms with Crippen LogP contribution < -0.4 is 10.6 Å². The number of amides is 3. The van der Waals surface area contributed by atoms with E-state index in [1.165, 1.54) is 23.0 Å². The molecule has 2 saturated carbocycles. The number of nitrogens with one attached hydrogen (secondary N) is 2. The first-order valence-corrected chi connectivity index (χ1v) is 13.1. The number of nitrogens with zero attached hydrogens (tertiary/aromatic N) is 5. The standard InChI is InChI=1S/C25H25F6N7O3/c26-23(5-6-23)20-15(12-41-36-20)21(39)35-19(14-1-3-24(27,28)4-2-14)16-10-38-18(33-16)7-13(8-32-38)9-37-11-17(25(29,30)31)34-22(37)40/h7-8,10,12,14,17,19H,1-6,9,11H2,(H,34,40)(H,35,39)/t17-,19-/m0/s1. The van der Waals surface area contributed by atoms with E-state index in [0.717, 1.165) is 11.2 Å². The summed E-state index contributed by atoms with van der Waals surface area (Å²) in [4.78, 5) is 30.8. The van der Waals surface area contributed by atoms with Crippen LogP contribution in [0.3, 0.4) is 0 Å². The number of aromatic nitrogens is 4. The van der Waals surface area contributed by atoms with E-state index in [4.69, 9.17) is 4.52 Å². The number of hydrogen-bond donors (Lipinski definition) is 2. The third kappa shape index (κ3) is 5.43. The lowest BCUT2D eigenvalue weighted by atomic mass is 9.81. The highest BCUT2D eigenvalue weighted by atomic mass is 19.4. The Kier molecular flexibility index (Phi) is 6.41. The van der Waals surface area contributed by atoms with Crippen molar-refractivity contribution < 1.29 is 40.5 Å². The van der Waals surface area contributed by atoms with E-state index in [0.29, 0.717) is 11.3 Å². The molecule has 3 aliphatic rings. The molecular weight excluding hydrogens is 560 g/mol. The first-order valence-electron chi connectivity index (χ1n) is 13.1. The Bertz CT molecular complexity index is 1470. The van der Waals surface area contributed by atoms with Crippen molar-refractivity contribution in [3.05, 3.63) is 47.2 Å². The highest BCUT2D eigenvalue weighted by molar-refractivity contribution is 5.95. The van der Waals surface area contributed by atoms with Crippen LogP contribution in [0.15, 0.2) is 29.2 Å². The van der Waals surface area contributed by atoms with Crippen molar-refractivity contribution in [1.82, 2.24) is 35.3 Å². The number of alkyl halides is 6. The summed E-state index contributed by atoms with van der Waals surface area (Å²) in [7, 11) is 0. The molecule has 0 spiro atoms. The molecule has 16 heteroatoms. The molecule has 4 heterocycles. The van der Waals surface area contributed by atoms with E-state index in [1.807, 2.05) is 5.32 Å². The topological polar surface area (TPSA) is 118 Å². The summed E-state index contributed by atoms with van der Waals surface area (Å²) >= 11 is 0. The molecule has 1 aliphatic heterocycles. The van der Waals surface area contributed by atoms with Crippen LogP contribution in [-0.2, 0) is 12.2 Å². The van der Waals surface area contributed by atoms with Crippen LogP contribution in [0.2, 0.25) is 0 Å². The minimum Gasteiger partial charge on any atom is -0.364 e. The van der Waals surface area contributed by atoms with Crippen molar-refractivity contribution in [3.63, 3.8) is 0 Å². The van der Waals surface area contributed by atoms with Gasteiger partial charge in [0.1, 0.15) is 23.6 Å². The SMILES string of the molecule is O=C(N[C@H](c1cn2ncc(CN3C[C@@H](C(F)(F)F)NC3=O)cc2n1)C1CCC(F)(F)CC1)c1conc1C1(F)CC1. The van der Waals surface area contributed by atoms with E-state index < -0.39 is 54.3 Å². The summed E-state index contributed by atoms with van der Waals surface area (Å²) in [5.74, 6) is -3.92. The van der Waals surface area contributed by atoms with Gasteiger partial charge < -0.3 is 20.1 Å². The Morgan fingerprint density at radius 3 is 2.59 bits per heavy atom. The van der Waals surface area contributed by atoms with Gasteiger partial charge in [0, 0.05) is 19.4 Å². The maximum Gasteiger partial charge on any atom is 0.410 e. The summed E-state index contributed by atoms with van der Waals surface area (Å²) in [6.07, 6.45) is -0.779. The molecule has 3 amide bonds. The van der Waals surface area contributed by atoms with Gasteiger partial charge in [0.05, 0.1) is 30.7 Å². The monoisotopic (exact) mass is 585 g/mol. The number of urea groups is 1. The molecule has 3 aromatic rings. The van der Waals surface area contributed by atoms with Crippen molar-refractivity contribution >= 4 is 17.6 Å². The Balaban J connectivity index is 1.25. The molecule has 0 radical (unpaired) electrons. The second-order valence-electron chi connectivity index (χ2n) is 10.9. The van der Waals surface area contributed by atoms with Crippen molar-refractivity contribution in [2.75, 3.05) is 6.54 Å². The highest BCUT2D eigenvalue weighted by Gasteiger charge is 2.50. The number of carbonyl (C=O) groups is 2. The average Bonchev–Trinajstić information content (AvgIpc) is 3.28. The highest BCUT2D eigenvalue weighted by Crippen LogP contribution is 2.50. The molecule has 2 N–H and O–H groups in total. The van der Waals surface area contributed by atoms with E-state index in [-0.39, 0.29) is 62.0 Å². The number of hydrogen-bond acceptors (Lipinski definition) is 6. The molecule has 1 saturated heterocycles. The van der Waals surface area contributed by atoms with E-state index in [1.54, 1.807) is 0 Å². The molecular formula is C25H25F6N7O3. The molecule has 0 aromatic carbocycles. The number of imidazole rings is 1. The van der Waals surface area contributed by atoms with Crippen LogP contribution in [-0.4, -0.2) is 61.3 Å². The van der Waals surface area contributed by atoms with Crippen LogP contribution in [0.1, 0.15) is 71.9 Å². The molecule has 41 heavy (non-hydrogen) atoms. The first kappa shape index (κ1) is 27.3. The first-order chi connectivity index (χ1) is 19.3.